The minimum Gasteiger partial charge on any atom is -0.304 e. The quantitative estimate of drug-likeness (QED) is 0.431. The fourth-order valence-electron chi connectivity index (χ4n) is 2.82. The molecule has 0 atom stereocenters. The largest absolute Gasteiger partial charge is 0.304 e. The average Bonchev–Trinajstić information content (AvgIpc) is 3.36. The molecule has 132 valence electrons. The molecule has 2 aromatic heterocycles. The van der Waals surface area contributed by atoms with Gasteiger partial charge in [-0.05, 0) is 34.2 Å². The molecule has 2 aromatic carbocycles. The first-order valence-corrected chi connectivity index (χ1v) is 10.3. The summed E-state index contributed by atoms with van der Waals surface area (Å²) < 4.78 is 2.04. The van der Waals surface area contributed by atoms with Crippen molar-refractivity contribution in [1.82, 2.24) is 14.8 Å². The molecule has 0 fully saturated rings. The Morgan fingerprint density at radius 3 is 2.59 bits per heavy atom. The monoisotopic (exact) mass is 388 g/mol. The van der Waals surface area contributed by atoms with Crippen LogP contribution in [0.25, 0.3) is 21.8 Å². The molecule has 4 nitrogen and oxygen atoms in total. The molecule has 2 heterocycles. The molecule has 0 N–H and O–H groups in total. The van der Waals surface area contributed by atoms with E-state index in [4.69, 9.17) is 0 Å². The van der Waals surface area contributed by atoms with Crippen LogP contribution in [0.1, 0.15) is 11.1 Å². The maximum absolute atomic E-state index is 9.27. The summed E-state index contributed by atoms with van der Waals surface area (Å²) in [5, 5.41) is 20.9. The Morgan fingerprint density at radius 2 is 1.85 bits per heavy atom. The lowest BCUT2D eigenvalue weighted by atomic mass is 10.00. The zero-order chi connectivity index (χ0) is 18.6. The highest BCUT2D eigenvalue weighted by molar-refractivity contribution is 7.98. The summed E-state index contributed by atoms with van der Waals surface area (Å²) in [4.78, 5) is 1.12. The van der Waals surface area contributed by atoms with Crippen LogP contribution in [0.4, 0.5) is 0 Å². The van der Waals surface area contributed by atoms with Gasteiger partial charge < -0.3 is 4.57 Å². The van der Waals surface area contributed by atoms with Crippen molar-refractivity contribution in [3.63, 3.8) is 0 Å². The second kappa shape index (κ2) is 7.78. The Hall–Kier alpha value is -2.88. The van der Waals surface area contributed by atoms with E-state index < -0.39 is 0 Å². The van der Waals surface area contributed by atoms with Crippen LogP contribution in [-0.4, -0.2) is 14.8 Å². The van der Waals surface area contributed by atoms with Crippen molar-refractivity contribution in [2.24, 2.45) is 7.05 Å². The SMILES string of the molecule is Cn1c(SCc2ccc(-c3ccccc3C#N)cc2)nnc1-c1cccs1. The number of nitrogens with zero attached hydrogens (tertiary/aromatic N) is 4. The van der Waals surface area contributed by atoms with E-state index in [0.717, 1.165) is 32.7 Å². The Balaban J connectivity index is 1.48. The van der Waals surface area contributed by atoms with E-state index in [9.17, 15) is 5.26 Å². The maximum Gasteiger partial charge on any atom is 0.191 e. The fraction of sp³-hybridized carbons (Fsp3) is 0.0952. The first kappa shape index (κ1) is 17.5. The molecule has 0 amide bonds. The van der Waals surface area contributed by atoms with Crippen molar-refractivity contribution in [3.05, 3.63) is 77.2 Å². The predicted molar refractivity (Wildman–Crippen MR) is 110 cm³/mol. The molecule has 0 saturated heterocycles. The third-order valence-electron chi connectivity index (χ3n) is 4.26. The number of thioether (sulfide) groups is 1. The highest BCUT2D eigenvalue weighted by atomic mass is 32.2. The zero-order valence-corrected chi connectivity index (χ0v) is 16.3. The van der Waals surface area contributed by atoms with Crippen LogP contribution in [0.3, 0.4) is 0 Å². The van der Waals surface area contributed by atoms with Gasteiger partial charge in [0.25, 0.3) is 0 Å². The molecule has 0 aliphatic carbocycles. The lowest BCUT2D eigenvalue weighted by Crippen LogP contribution is -1.94. The van der Waals surface area contributed by atoms with Crippen molar-refractivity contribution in [1.29, 1.82) is 5.26 Å². The van der Waals surface area contributed by atoms with Gasteiger partial charge in [0.05, 0.1) is 16.5 Å². The minimum absolute atomic E-state index is 0.694. The lowest BCUT2D eigenvalue weighted by molar-refractivity contribution is 0.794. The van der Waals surface area contributed by atoms with Crippen LogP contribution < -0.4 is 0 Å². The molecule has 4 aromatic rings. The molecule has 0 saturated carbocycles. The summed E-state index contributed by atoms with van der Waals surface area (Å²) in [5.41, 5.74) is 3.92. The molecule has 0 unspecified atom stereocenters. The van der Waals surface area contributed by atoms with Crippen LogP contribution in [0.2, 0.25) is 0 Å². The first-order chi connectivity index (χ1) is 13.3. The number of hydrogen-bond donors (Lipinski definition) is 0. The number of rotatable bonds is 5. The molecule has 0 aliphatic rings. The summed E-state index contributed by atoms with van der Waals surface area (Å²) in [6.45, 7) is 0. The van der Waals surface area contributed by atoms with Gasteiger partial charge in [-0.15, -0.1) is 21.5 Å². The van der Waals surface area contributed by atoms with Crippen LogP contribution in [0, 0.1) is 11.3 Å². The molecule has 0 aliphatic heterocycles. The maximum atomic E-state index is 9.27. The summed E-state index contributed by atoms with van der Waals surface area (Å²) >= 11 is 3.33. The highest BCUT2D eigenvalue weighted by Crippen LogP contribution is 2.29. The summed E-state index contributed by atoms with van der Waals surface area (Å²) in [6.07, 6.45) is 0. The van der Waals surface area contributed by atoms with Crippen molar-refractivity contribution in [2.45, 2.75) is 10.9 Å². The van der Waals surface area contributed by atoms with Gasteiger partial charge in [-0.1, -0.05) is 60.3 Å². The highest BCUT2D eigenvalue weighted by Gasteiger charge is 2.12. The van der Waals surface area contributed by atoms with Crippen LogP contribution in [0.15, 0.2) is 71.2 Å². The topological polar surface area (TPSA) is 54.5 Å². The van der Waals surface area contributed by atoms with E-state index in [1.807, 2.05) is 47.3 Å². The molecule has 27 heavy (non-hydrogen) atoms. The predicted octanol–water partition coefficient (Wildman–Crippen LogP) is 5.37. The molecular weight excluding hydrogens is 372 g/mol. The van der Waals surface area contributed by atoms with Gasteiger partial charge in [0.1, 0.15) is 0 Å². The third-order valence-corrected chi connectivity index (χ3v) is 6.21. The van der Waals surface area contributed by atoms with Crippen molar-refractivity contribution >= 4 is 23.1 Å². The van der Waals surface area contributed by atoms with Crippen LogP contribution >= 0.6 is 23.1 Å². The number of thiophene rings is 1. The Kier molecular flexibility index (Phi) is 5.05. The average molecular weight is 389 g/mol. The number of benzene rings is 2. The standard InChI is InChI=1S/C21H16N4S2/c1-25-20(19-7-4-12-26-19)23-24-21(25)27-14-15-8-10-16(11-9-15)18-6-3-2-5-17(18)13-22/h2-12H,14H2,1H3. The Morgan fingerprint density at radius 1 is 1.04 bits per heavy atom. The van der Waals surface area contributed by atoms with E-state index in [-0.39, 0.29) is 0 Å². The van der Waals surface area contributed by atoms with E-state index in [2.05, 4.69) is 46.6 Å². The van der Waals surface area contributed by atoms with E-state index in [1.165, 1.54) is 5.56 Å². The smallest absolute Gasteiger partial charge is 0.191 e. The van der Waals surface area contributed by atoms with Gasteiger partial charge in [-0.25, -0.2) is 0 Å². The summed E-state index contributed by atoms with van der Waals surface area (Å²) in [6, 6.07) is 22.3. The lowest BCUT2D eigenvalue weighted by Gasteiger charge is -2.06. The minimum atomic E-state index is 0.694. The van der Waals surface area contributed by atoms with Gasteiger partial charge in [-0.2, -0.15) is 5.26 Å². The van der Waals surface area contributed by atoms with Crippen LogP contribution in [-0.2, 0) is 12.8 Å². The van der Waals surface area contributed by atoms with Gasteiger partial charge in [0.15, 0.2) is 11.0 Å². The molecule has 4 rings (SSSR count). The fourth-order valence-corrected chi connectivity index (χ4v) is 4.43. The molecular formula is C21H16N4S2. The van der Waals surface area contributed by atoms with E-state index in [0.29, 0.717) is 5.56 Å². The van der Waals surface area contributed by atoms with Gasteiger partial charge in [0.2, 0.25) is 0 Å². The van der Waals surface area contributed by atoms with Gasteiger partial charge in [-0.3, -0.25) is 0 Å². The van der Waals surface area contributed by atoms with Gasteiger partial charge >= 0.3 is 0 Å². The normalized spacial score (nSPS) is 10.7. The second-order valence-corrected chi connectivity index (χ2v) is 7.88. The summed E-state index contributed by atoms with van der Waals surface area (Å²) in [5.74, 6) is 1.72. The number of hydrogen-bond acceptors (Lipinski definition) is 5. The van der Waals surface area contributed by atoms with Crippen molar-refractivity contribution in [3.8, 4) is 27.9 Å². The molecule has 0 spiro atoms. The molecule has 0 bridgehead atoms. The Bertz CT molecular complexity index is 1090. The van der Waals surface area contributed by atoms with Crippen molar-refractivity contribution in [2.75, 3.05) is 0 Å². The molecule has 0 radical (unpaired) electrons. The molecule has 6 heteroatoms. The zero-order valence-electron chi connectivity index (χ0n) is 14.7. The van der Waals surface area contributed by atoms with Gasteiger partial charge in [0, 0.05) is 12.8 Å². The Labute approximate surface area is 166 Å². The van der Waals surface area contributed by atoms with E-state index in [1.54, 1.807) is 23.1 Å². The second-order valence-electron chi connectivity index (χ2n) is 5.99. The van der Waals surface area contributed by atoms with E-state index >= 15 is 0 Å². The number of aromatic nitrogens is 3. The van der Waals surface area contributed by atoms with Crippen molar-refractivity contribution < 1.29 is 0 Å². The first-order valence-electron chi connectivity index (χ1n) is 8.41. The third kappa shape index (κ3) is 3.65. The number of nitriles is 1. The van der Waals surface area contributed by atoms with Crippen LogP contribution in [0.5, 0.6) is 0 Å². The summed E-state index contributed by atoms with van der Waals surface area (Å²) in [7, 11) is 2.00.